The number of anilines is 1. The van der Waals surface area contributed by atoms with Crippen molar-refractivity contribution in [3.63, 3.8) is 0 Å². The Kier molecular flexibility index (Phi) is 4.87. The molecule has 0 aliphatic rings. The third-order valence-corrected chi connectivity index (χ3v) is 2.96. The molecule has 0 bridgehead atoms. The largest absolute Gasteiger partial charge is 0.338 e. The van der Waals surface area contributed by atoms with Gasteiger partial charge in [-0.1, -0.05) is 18.2 Å². The second-order valence-corrected chi connectivity index (χ2v) is 4.74. The SMILES string of the molecule is Cc1ccc(NC(=O)NCCc2cccc(F)c2)c(F)c1. The Morgan fingerprint density at radius 2 is 1.95 bits per heavy atom. The van der Waals surface area contributed by atoms with Gasteiger partial charge in [0, 0.05) is 6.54 Å². The molecule has 0 aliphatic carbocycles. The average Bonchev–Trinajstić information content (AvgIpc) is 2.42. The summed E-state index contributed by atoms with van der Waals surface area (Å²) in [6, 6.07) is 10.3. The number of carbonyl (C=O) groups excluding carboxylic acids is 1. The smallest absolute Gasteiger partial charge is 0.319 e. The fourth-order valence-electron chi connectivity index (χ4n) is 1.90. The zero-order valence-corrected chi connectivity index (χ0v) is 11.6. The molecular formula is C16H16F2N2O. The minimum Gasteiger partial charge on any atom is -0.338 e. The van der Waals surface area contributed by atoms with Gasteiger partial charge in [0.05, 0.1) is 5.69 Å². The van der Waals surface area contributed by atoms with Gasteiger partial charge in [-0.25, -0.2) is 13.6 Å². The molecule has 2 aromatic carbocycles. The molecule has 0 heterocycles. The highest BCUT2D eigenvalue weighted by atomic mass is 19.1. The minimum atomic E-state index is -0.492. The summed E-state index contributed by atoms with van der Waals surface area (Å²) in [6.07, 6.45) is 0.502. The standard InChI is InChI=1S/C16H16F2N2O/c1-11-5-6-15(14(18)9-11)20-16(21)19-8-7-12-3-2-4-13(17)10-12/h2-6,9-10H,7-8H2,1H3,(H2,19,20,21). The van der Waals surface area contributed by atoms with E-state index in [2.05, 4.69) is 10.6 Å². The molecule has 2 amide bonds. The zero-order chi connectivity index (χ0) is 15.2. The predicted octanol–water partition coefficient (Wildman–Crippen LogP) is 3.64. The summed E-state index contributed by atoms with van der Waals surface area (Å²) in [5.74, 6) is -0.783. The van der Waals surface area contributed by atoms with Crippen LogP contribution in [0.5, 0.6) is 0 Å². The van der Waals surface area contributed by atoms with Crippen LogP contribution in [0.15, 0.2) is 42.5 Å². The molecule has 2 N–H and O–H groups in total. The Bertz CT molecular complexity index is 644. The van der Waals surface area contributed by atoms with E-state index in [1.54, 1.807) is 25.1 Å². The Hall–Kier alpha value is -2.43. The quantitative estimate of drug-likeness (QED) is 0.887. The molecule has 0 aromatic heterocycles. The summed E-state index contributed by atoms with van der Waals surface area (Å²) in [6.45, 7) is 2.11. The van der Waals surface area contributed by atoms with Crippen LogP contribution in [0.25, 0.3) is 0 Å². The third kappa shape index (κ3) is 4.56. The van der Waals surface area contributed by atoms with Gasteiger partial charge in [0.15, 0.2) is 0 Å². The van der Waals surface area contributed by atoms with Crippen LogP contribution in [0.1, 0.15) is 11.1 Å². The van der Waals surface area contributed by atoms with Crippen LogP contribution in [0.3, 0.4) is 0 Å². The Labute approximate surface area is 122 Å². The van der Waals surface area contributed by atoms with Gasteiger partial charge in [-0.15, -0.1) is 0 Å². The number of urea groups is 1. The highest BCUT2D eigenvalue weighted by Gasteiger charge is 2.06. The molecule has 2 aromatic rings. The number of halogens is 2. The first-order valence-electron chi connectivity index (χ1n) is 6.60. The van der Waals surface area contributed by atoms with Crippen molar-refractivity contribution in [2.24, 2.45) is 0 Å². The van der Waals surface area contributed by atoms with Crippen molar-refractivity contribution in [2.75, 3.05) is 11.9 Å². The topological polar surface area (TPSA) is 41.1 Å². The van der Waals surface area contributed by atoms with Crippen molar-refractivity contribution in [3.8, 4) is 0 Å². The second kappa shape index (κ2) is 6.83. The van der Waals surface area contributed by atoms with Crippen LogP contribution in [0.4, 0.5) is 19.3 Å². The number of benzene rings is 2. The van der Waals surface area contributed by atoms with Crippen molar-refractivity contribution < 1.29 is 13.6 Å². The molecule has 2 rings (SSSR count). The van der Waals surface area contributed by atoms with Gasteiger partial charge in [-0.3, -0.25) is 0 Å². The monoisotopic (exact) mass is 290 g/mol. The summed E-state index contributed by atoms with van der Waals surface area (Å²) in [5, 5.41) is 5.04. The van der Waals surface area contributed by atoms with Crippen LogP contribution in [0.2, 0.25) is 0 Å². The van der Waals surface area contributed by atoms with Crippen molar-refractivity contribution in [1.29, 1.82) is 0 Å². The lowest BCUT2D eigenvalue weighted by molar-refractivity contribution is 0.252. The minimum absolute atomic E-state index is 0.129. The Morgan fingerprint density at radius 3 is 2.67 bits per heavy atom. The number of aryl methyl sites for hydroxylation is 1. The van der Waals surface area contributed by atoms with Crippen molar-refractivity contribution in [3.05, 3.63) is 65.2 Å². The summed E-state index contributed by atoms with van der Waals surface area (Å²) in [5.41, 5.74) is 1.70. The number of hydrogen-bond donors (Lipinski definition) is 2. The lowest BCUT2D eigenvalue weighted by atomic mass is 10.1. The van der Waals surface area contributed by atoms with Gasteiger partial charge < -0.3 is 10.6 Å². The second-order valence-electron chi connectivity index (χ2n) is 4.74. The van der Waals surface area contributed by atoms with Gasteiger partial charge in [0.1, 0.15) is 11.6 Å². The molecule has 0 spiro atoms. The maximum Gasteiger partial charge on any atom is 0.319 e. The van der Waals surface area contributed by atoms with Crippen molar-refractivity contribution >= 4 is 11.7 Å². The van der Waals surface area contributed by atoms with Gasteiger partial charge in [0.2, 0.25) is 0 Å². The molecule has 0 radical (unpaired) electrons. The summed E-state index contributed by atoms with van der Waals surface area (Å²) in [4.78, 5) is 11.6. The van der Waals surface area contributed by atoms with Crippen LogP contribution < -0.4 is 10.6 Å². The fourth-order valence-corrected chi connectivity index (χ4v) is 1.90. The predicted molar refractivity (Wildman–Crippen MR) is 78.3 cm³/mol. The molecule has 0 fully saturated rings. The lowest BCUT2D eigenvalue weighted by Crippen LogP contribution is -2.30. The van der Waals surface area contributed by atoms with Crippen LogP contribution >= 0.6 is 0 Å². The van der Waals surface area contributed by atoms with Gasteiger partial charge in [-0.05, 0) is 48.7 Å². The number of carbonyl (C=O) groups is 1. The molecule has 5 heteroatoms. The number of amides is 2. The molecule has 110 valence electrons. The first-order valence-corrected chi connectivity index (χ1v) is 6.60. The average molecular weight is 290 g/mol. The van der Waals surface area contributed by atoms with E-state index in [0.29, 0.717) is 13.0 Å². The molecule has 0 aliphatic heterocycles. The van der Waals surface area contributed by atoms with E-state index in [-0.39, 0.29) is 11.5 Å². The summed E-state index contributed by atoms with van der Waals surface area (Å²) in [7, 11) is 0. The normalized spacial score (nSPS) is 10.2. The zero-order valence-electron chi connectivity index (χ0n) is 11.6. The molecule has 0 saturated carbocycles. The first-order chi connectivity index (χ1) is 10.0. The van der Waals surface area contributed by atoms with E-state index in [4.69, 9.17) is 0 Å². The van der Waals surface area contributed by atoms with Crippen molar-refractivity contribution in [2.45, 2.75) is 13.3 Å². The van der Waals surface area contributed by atoms with E-state index >= 15 is 0 Å². The van der Waals surface area contributed by atoms with E-state index in [9.17, 15) is 13.6 Å². The highest BCUT2D eigenvalue weighted by molar-refractivity contribution is 5.89. The number of nitrogens with one attached hydrogen (secondary N) is 2. The Morgan fingerprint density at radius 1 is 1.14 bits per heavy atom. The highest BCUT2D eigenvalue weighted by Crippen LogP contribution is 2.14. The molecule has 0 saturated heterocycles. The molecule has 0 atom stereocenters. The van der Waals surface area contributed by atoms with Gasteiger partial charge in [-0.2, -0.15) is 0 Å². The first kappa shape index (κ1) is 15.0. The fraction of sp³-hybridized carbons (Fsp3) is 0.188. The Balaban J connectivity index is 1.82. The molecule has 21 heavy (non-hydrogen) atoms. The van der Waals surface area contributed by atoms with E-state index in [1.165, 1.54) is 24.3 Å². The van der Waals surface area contributed by atoms with Crippen LogP contribution in [-0.2, 0) is 6.42 Å². The van der Waals surface area contributed by atoms with Crippen molar-refractivity contribution in [1.82, 2.24) is 5.32 Å². The van der Waals surface area contributed by atoms with Crippen LogP contribution in [0, 0.1) is 18.6 Å². The molecule has 3 nitrogen and oxygen atoms in total. The van der Waals surface area contributed by atoms with Crippen LogP contribution in [-0.4, -0.2) is 12.6 Å². The maximum absolute atomic E-state index is 13.6. The summed E-state index contributed by atoms with van der Waals surface area (Å²) >= 11 is 0. The third-order valence-electron chi connectivity index (χ3n) is 2.96. The number of rotatable bonds is 4. The number of hydrogen-bond acceptors (Lipinski definition) is 1. The lowest BCUT2D eigenvalue weighted by Gasteiger charge is -2.09. The maximum atomic E-state index is 13.6. The van der Waals surface area contributed by atoms with Gasteiger partial charge >= 0.3 is 6.03 Å². The van der Waals surface area contributed by atoms with E-state index in [0.717, 1.165) is 11.1 Å². The van der Waals surface area contributed by atoms with E-state index < -0.39 is 11.8 Å². The van der Waals surface area contributed by atoms with Gasteiger partial charge in [0.25, 0.3) is 0 Å². The van der Waals surface area contributed by atoms with E-state index in [1.807, 2.05) is 0 Å². The molecule has 0 unspecified atom stereocenters. The molecular weight excluding hydrogens is 274 g/mol. The summed E-state index contributed by atoms with van der Waals surface area (Å²) < 4.78 is 26.5.